The molecule has 2 nitrogen and oxygen atoms in total. The molecule has 112 valence electrons. The van der Waals surface area contributed by atoms with E-state index in [9.17, 15) is 0 Å². The van der Waals surface area contributed by atoms with E-state index in [4.69, 9.17) is 0 Å². The number of nitrogens with zero attached hydrogens (tertiary/aromatic N) is 1. The second kappa shape index (κ2) is 7.24. The molecule has 20 heavy (non-hydrogen) atoms. The predicted octanol–water partition coefficient (Wildman–Crippen LogP) is 3.59. The van der Waals surface area contributed by atoms with Gasteiger partial charge in [0, 0.05) is 31.7 Å². The summed E-state index contributed by atoms with van der Waals surface area (Å²) in [4.78, 5) is 2.69. The summed E-state index contributed by atoms with van der Waals surface area (Å²) in [7, 11) is 0. The van der Waals surface area contributed by atoms with Crippen LogP contribution in [0.2, 0.25) is 0 Å². The topological polar surface area (TPSA) is 15.3 Å². The molecule has 1 fully saturated rings. The minimum absolute atomic E-state index is 0.633. The summed E-state index contributed by atoms with van der Waals surface area (Å²) in [5.41, 5.74) is 2.79. The molecule has 1 aliphatic rings. The third kappa shape index (κ3) is 4.07. The molecule has 1 N–H and O–H groups in total. The normalized spacial score (nSPS) is 24.2. The van der Waals surface area contributed by atoms with Crippen molar-refractivity contribution in [2.45, 2.75) is 59.2 Å². The first kappa shape index (κ1) is 15.5. The van der Waals surface area contributed by atoms with Crippen molar-refractivity contribution in [3.63, 3.8) is 0 Å². The first-order chi connectivity index (χ1) is 9.60. The maximum absolute atomic E-state index is 3.74. The first-order valence-corrected chi connectivity index (χ1v) is 8.13. The number of benzene rings is 1. The van der Waals surface area contributed by atoms with Crippen LogP contribution in [0.5, 0.6) is 0 Å². The van der Waals surface area contributed by atoms with Crippen molar-refractivity contribution in [1.82, 2.24) is 10.2 Å². The molecule has 0 bridgehead atoms. The van der Waals surface area contributed by atoms with E-state index in [1.165, 1.54) is 30.5 Å². The highest BCUT2D eigenvalue weighted by Crippen LogP contribution is 2.19. The Labute approximate surface area is 124 Å². The van der Waals surface area contributed by atoms with E-state index in [1.807, 2.05) is 0 Å². The highest BCUT2D eigenvalue weighted by atomic mass is 15.2. The minimum Gasteiger partial charge on any atom is -0.311 e. The van der Waals surface area contributed by atoms with Crippen LogP contribution in [-0.4, -0.2) is 30.1 Å². The Hall–Kier alpha value is -0.860. The molecule has 0 amide bonds. The fourth-order valence-corrected chi connectivity index (χ4v) is 3.07. The molecule has 2 heteroatoms. The van der Waals surface area contributed by atoms with Gasteiger partial charge in [0.2, 0.25) is 0 Å². The van der Waals surface area contributed by atoms with Gasteiger partial charge >= 0.3 is 0 Å². The van der Waals surface area contributed by atoms with E-state index in [0.29, 0.717) is 18.0 Å². The van der Waals surface area contributed by atoms with Crippen LogP contribution in [0.1, 0.15) is 44.7 Å². The van der Waals surface area contributed by atoms with Crippen LogP contribution in [0.15, 0.2) is 24.3 Å². The van der Waals surface area contributed by atoms with Crippen molar-refractivity contribution in [2.75, 3.05) is 13.1 Å². The summed E-state index contributed by atoms with van der Waals surface area (Å²) in [6, 6.07) is 10.3. The lowest BCUT2D eigenvalue weighted by molar-refractivity contribution is 0.0997. The quantitative estimate of drug-likeness (QED) is 0.882. The van der Waals surface area contributed by atoms with E-state index in [0.717, 1.165) is 13.1 Å². The van der Waals surface area contributed by atoms with E-state index >= 15 is 0 Å². The first-order valence-electron chi connectivity index (χ1n) is 8.13. The van der Waals surface area contributed by atoms with Crippen molar-refractivity contribution in [1.29, 1.82) is 0 Å². The maximum Gasteiger partial charge on any atom is 0.0237 e. The van der Waals surface area contributed by atoms with Crippen LogP contribution in [0.25, 0.3) is 0 Å². The lowest BCUT2D eigenvalue weighted by Gasteiger charge is -2.42. The second-order valence-electron chi connectivity index (χ2n) is 6.62. The van der Waals surface area contributed by atoms with Crippen molar-refractivity contribution < 1.29 is 0 Å². The standard InChI is InChI=1S/C18H30N2/c1-5-6-17-11-19-18(14(2)3)13-20(17)12-16-9-7-15(4)8-10-16/h7-10,14,17-19H,5-6,11-13H2,1-4H3. The van der Waals surface area contributed by atoms with Crippen molar-refractivity contribution in [3.8, 4) is 0 Å². The molecule has 1 saturated heterocycles. The molecule has 0 aliphatic carbocycles. The Kier molecular flexibility index (Phi) is 5.62. The molecule has 2 atom stereocenters. The third-order valence-electron chi connectivity index (χ3n) is 4.50. The Bertz CT molecular complexity index is 396. The van der Waals surface area contributed by atoms with Crippen LogP contribution in [0, 0.1) is 12.8 Å². The molecule has 1 aromatic carbocycles. The van der Waals surface area contributed by atoms with Gasteiger partial charge in [0.1, 0.15) is 0 Å². The lowest BCUT2D eigenvalue weighted by atomic mass is 9.97. The van der Waals surface area contributed by atoms with Crippen molar-refractivity contribution in [2.24, 2.45) is 5.92 Å². The molecule has 1 heterocycles. The van der Waals surface area contributed by atoms with Gasteiger partial charge in [-0.3, -0.25) is 4.90 Å². The maximum atomic E-state index is 3.74. The summed E-state index contributed by atoms with van der Waals surface area (Å²) >= 11 is 0. The van der Waals surface area contributed by atoms with Crippen molar-refractivity contribution in [3.05, 3.63) is 35.4 Å². The van der Waals surface area contributed by atoms with Gasteiger partial charge in [-0.15, -0.1) is 0 Å². The molecule has 0 spiro atoms. The zero-order valence-electron chi connectivity index (χ0n) is 13.5. The monoisotopic (exact) mass is 274 g/mol. The fourth-order valence-electron chi connectivity index (χ4n) is 3.07. The number of aryl methyl sites for hydroxylation is 1. The Morgan fingerprint density at radius 2 is 1.95 bits per heavy atom. The molecular weight excluding hydrogens is 244 g/mol. The van der Waals surface area contributed by atoms with Crippen molar-refractivity contribution >= 4 is 0 Å². The van der Waals surface area contributed by atoms with E-state index in [1.54, 1.807) is 0 Å². The number of piperazine rings is 1. The van der Waals surface area contributed by atoms with Gasteiger partial charge in [-0.2, -0.15) is 0 Å². The Morgan fingerprint density at radius 1 is 1.25 bits per heavy atom. The molecule has 2 rings (SSSR count). The predicted molar refractivity (Wildman–Crippen MR) is 86.9 cm³/mol. The zero-order valence-corrected chi connectivity index (χ0v) is 13.5. The summed E-state index contributed by atoms with van der Waals surface area (Å²) in [5.74, 6) is 0.707. The Balaban J connectivity index is 2.04. The molecule has 1 aromatic rings. The second-order valence-corrected chi connectivity index (χ2v) is 6.62. The number of hydrogen-bond donors (Lipinski definition) is 1. The average molecular weight is 274 g/mol. The smallest absolute Gasteiger partial charge is 0.0237 e. The SMILES string of the molecule is CCCC1CNC(C(C)C)CN1Cc1ccc(C)cc1. The highest BCUT2D eigenvalue weighted by Gasteiger charge is 2.28. The van der Waals surface area contributed by atoms with Gasteiger partial charge in [-0.1, -0.05) is 57.0 Å². The van der Waals surface area contributed by atoms with Crippen LogP contribution in [0.3, 0.4) is 0 Å². The van der Waals surface area contributed by atoms with E-state index in [2.05, 4.69) is 62.2 Å². The molecule has 0 aromatic heterocycles. The van der Waals surface area contributed by atoms with Gasteiger partial charge < -0.3 is 5.32 Å². The summed E-state index contributed by atoms with van der Waals surface area (Å²) in [6.07, 6.45) is 2.56. The average Bonchev–Trinajstić information content (AvgIpc) is 2.43. The van der Waals surface area contributed by atoms with E-state index < -0.39 is 0 Å². The number of hydrogen-bond acceptors (Lipinski definition) is 2. The zero-order chi connectivity index (χ0) is 14.5. The van der Waals surface area contributed by atoms with Gasteiger partial charge in [0.05, 0.1) is 0 Å². The van der Waals surface area contributed by atoms with E-state index in [-0.39, 0.29) is 0 Å². The van der Waals surface area contributed by atoms with Crippen LogP contribution >= 0.6 is 0 Å². The molecule has 2 unspecified atom stereocenters. The van der Waals surface area contributed by atoms with Crippen LogP contribution < -0.4 is 5.32 Å². The fraction of sp³-hybridized carbons (Fsp3) is 0.667. The number of rotatable bonds is 5. The van der Waals surface area contributed by atoms with Gasteiger partial charge in [0.15, 0.2) is 0 Å². The lowest BCUT2D eigenvalue weighted by Crippen LogP contribution is -2.57. The Morgan fingerprint density at radius 3 is 2.55 bits per heavy atom. The summed E-state index contributed by atoms with van der Waals surface area (Å²) in [6.45, 7) is 12.5. The van der Waals surface area contributed by atoms with Crippen LogP contribution in [0.4, 0.5) is 0 Å². The minimum atomic E-state index is 0.633. The summed E-state index contributed by atoms with van der Waals surface area (Å²) in [5, 5.41) is 3.74. The molecule has 1 aliphatic heterocycles. The van der Waals surface area contributed by atoms with Crippen LogP contribution in [-0.2, 0) is 6.54 Å². The largest absolute Gasteiger partial charge is 0.311 e. The summed E-state index contributed by atoms with van der Waals surface area (Å²) < 4.78 is 0. The molecule has 0 radical (unpaired) electrons. The number of nitrogens with one attached hydrogen (secondary N) is 1. The molecule has 0 saturated carbocycles. The van der Waals surface area contributed by atoms with Gasteiger partial charge in [-0.25, -0.2) is 0 Å². The van der Waals surface area contributed by atoms with Gasteiger partial charge in [0.25, 0.3) is 0 Å². The molecular formula is C18H30N2. The third-order valence-corrected chi connectivity index (χ3v) is 4.50. The van der Waals surface area contributed by atoms with Gasteiger partial charge in [-0.05, 0) is 24.8 Å². The highest BCUT2D eigenvalue weighted by molar-refractivity contribution is 5.21.